The van der Waals surface area contributed by atoms with E-state index in [-0.39, 0.29) is 6.61 Å². The predicted molar refractivity (Wildman–Crippen MR) is 28.6 cm³/mol. The summed E-state index contributed by atoms with van der Waals surface area (Å²) in [5, 5.41) is 26.7. The van der Waals surface area contributed by atoms with E-state index in [4.69, 9.17) is 15.3 Å². The molecule has 1 aliphatic heterocycles. The second kappa shape index (κ2) is 1.91. The standard InChI is InChI=1S/C5H10O4/c1-5(8)4(7)3(6)2-9-5/h3-4,6-8H,2H2,1H3/t3-,4?,5?/m0/s1. The summed E-state index contributed by atoms with van der Waals surface area (Å²) in [6.07, 6.45) is -2.14. The summed E-state index contributed by atoms with van der Waals surface area (Å²) in [5.41, 5.74) is 0. The number of aliphatic hydroxyl groups is 3. The molecule has 0 aromatic carbocycles. The summed E-state index contributed by atoms with van der Waals surface area (Å²) < 4.78 is 4.62. The van der Waals surface area contributed by atoms with Crippen LogP contribution in [0.25, 0.3) is 0 Å². The van der Waals surface area contributed by atoms with Crippen molar-refractivity contribution in [2.45, 2.75) is 24.9 Å². The molecule has 3 N–H and O–H groups in total. The Morgan fingerprint density at radius 1 is 1.56 bits per heavy atom. The van der Waals surface area contributed by atoms with Crippen LogP contribution in [-0.2, 0) is 4.74 Å². The van der Waals surface area contributed by atoms with Gasteiger partial charge in [0.25, 0.3) is 0 Å². The summed E-state index contributed by atoms with van der Waals surface area (Å²) in [6, 6.07) is 0. The van der Waals surface area contributed by atoms with Crippen molar-refractivity contribution in [3.8, 4) is 0 Å². The van der Waals surface area contributed by atoms with Crippen LogP contribution in [0.1, 0.15) is 6.92 Å². The SMILES string of the molecule is CC1(O)OC[C@H](O)C1O. The Hall–Kier alpha value is -0.160. The van der Waals surface area contributed by atoms with Gasteiger partial charge in [0.1, 0.15) is 12.2 Å². The van der Waals surface area contributed by atoms with Gasteiger partial charge in [0.2, 0.25) is 0 Å². The van der Waals surface area contributed by atoms with Crippen LogP contribution >= 0.6 is 0 Å². The summed E-state index contributed by atoms with van der Waals surface area (Å²) in [4.78, 5) is 0. The molecule has 0 bridgehead atoms. The predicted octanol–water partition coefficient (Wildman–Crippen LogP) is -1.55. The molecule has 2 unspecified atom stereocenters. The monoisotopic (exact) mass is 134 g/mol. The number of hydrogen-bond acceptors (Lipinski definition) is 4. The van der Waals surface area contributed by atoms with Gasteiger partial charge in [-0.2, -0.15) is 0 Å². The van der Waals surface area contributed by atoms with E-state index in [1.165, 1.54) is 6.92 Å². The molecule has 0 aromatic heterocycles. The Morgan fingerprint density at radius 2 is 2.11 bits per heavy atom. The van der Waals surface area contributed by atoms with Crippen molar-refractivity contribution in [1.82, 2.24) is 0 Å². The highest BCUT2D eigenvalue weighted by molar-refractivity contribution is 4.85. The molecule has 0 aromatic rings. The van der Waals surface area contributed by atoms with Gasteiger partial charge < -0.3 is 20.1 Å². The number of aliphatic hydroxyl groups excluding tert-OH is 2. The molecule has 1 saturated heterocycles. The Bertz CT molecular complexity index is 112. The first-order chi connectivity index (χ1) is 4.04. The largest absolute Gasteiger partial charge is 0.388 e. The first kappa shape index (κ1) is 6.95. The normalized spacial score (nSPS) is 52.0. The fourth-order valence-electron chi connectivity index (χ4n) is 0.788. The molecule has 0 amide bonds. The lowest BCUT2D eigenvalue weighted by molar-refractivity contribution is -0.201. The minimum absolute atomic E-state index is 0.00579. The highest BCUT2D eigenvalue weighted by Gasteiger charge is 2.43. The van der Waals surface area contributed by atoms with Crippen LogP contribution < -0.4 is 0 Å². The van der Waals surface area contributed by atoms with Gasteiger partial charge in [-0.1, -0.05) is 0 Å². The third-order valence-corrected chi connectivity index (χ3v) is 1.46. The first-order valence-corrected chi connectivity index (χ1v) is 2.76. The summed E-state index contributed by atoms with van der Waals surface area (Å²) in [6.45, 7) is 1.31. The average molecular weight is 134 g/mol. The van der Waals surface area contributed by atoms with E-state index >= 15 is 0 Å². The fourth-order valence-corrected chi connectivity index (χ4v) is 0.788. The van der Waals surface area contributed by atoms with E-state index in [9.17, 15) is 0 Å². The van der Waals surface area contributed by atoms with E-state index < -0.39 is 18.0 Å². The highest BCUT2D eigenvalue weighted by Crippen LogP contribution is 2.22. The van der Waals surface area contributed by atoms with E-state index in [1.807, 2.05) is 0 Å². The van der Waals surface area contributed by atoms with Crippen molar-refractivity contribution in [3.05, 3.63) is 0 Å². The molecule has 3 atom stereocenters. The molecule has 1 rings (SSSR count). The third-order valence-electron chi connectivity index (χ3n) is 1.46. The lowest BCUT2D eigenvalue weighted by Crippen LogP contribution is -2.39. The lowest BCUT2D eigenvalue weighted by atomic mass is 10.1. The quantitative estimate of drug-likeness (QED) is 0.375. The molecule has 54 valence electrons. The lowest BCUT2D eigenvalue weighted by Gasteiger charge is -2.19. The first-order valence-electron chi connectivity index (χ1n) is 2.76. The summed E-state index contributed by atoms with van der Waals surface area (Å²) in [7, 11) is 0. The second-order valence-corrected chi connectivity index (χ2v) is 2.38. The van der Waals surface area contributed by atoms with Crippen LogP contribution in [0.3, 0.4) is 0 Å². The molecule has 9 heavy (non-hydrogen) atoms. The number of hydrogen-bond donors (Lipinski definition) is 3. The fraction of sp³-hybridized carbons (Fsp3) is 1.00. The molecule has 1 heterocycles. The van der Waals surface area contributed by atoms with Gasteiger partial charge in [-0.25, -0.2) is 0 Å². The van der Waals surface area contributed by atoms with Crippen LogP contribution in [0.15, 0.2) is 0 Å². The van der Waals surface area contributed by atoms with Crippen molar-refractivity contribution in [2.75, 3.05) is 6.61 Å². The molecule has 0 aliphatic carbocycles. The zero-order valence-corrected chi connectivity index (χ0v) is 5.11. The Labute approximate surface area is 52.7 Å². The van der Waals surface area contributed by atoms with Crippen molar-refractivity contribution < 1.29 is 20.1 Å². The molecule has 4 nitrogen and oxygen atoms in total. The van der Waals surface area contributed by atoms with Gasteiger partial charge in [0.15, 0.2) is 5.79 Å². The van der Waals surface area contributed by atoms with Crippen molar-refractivity contribution >= 4 is 0 Å². The maximum Gasteiger partial charge on any atom is 0.191 e. The number of rotatable bonds is 0. The second-order valence-electron chi connectivity index (χ2n) is 2.38. The minimum Gasteiger partial charge on any atom is -0.388 e. The molecule has 1 aliphatic rings. The van der Waals surface area contributed by atoms with Gasteiger partial charge in [-0.15, -0.1) is 0 Å². The zero-order valence-electron chi connectivity index (χ0n) is 5.11. The summed E-state index contributed by atoms with van der Waals surface area (Å²) >= 11 is 0. The maximum absolute atomic E-state index is 9.00. The molecule has 0 saturated carbocycles. The van der Waals surface area contributed by atoms with E-state index in [0.29, 0.717) is 0 Å². The van der Waals surface area contributed by atoms with Gasteiger partial charge in [0.05, 0.1) is 6.61 Å². The molecule has 4 heteroatoms. The molecule has 1 fully saturated rings. The molecular weight excluding hydrogens is 124 g/mol. The van der Waals surface area contributed by atoms with E-state index in [0.717, 1.165) is 0 Å². The third kappa shape index (κ3) is 1.07. The molecule has 0 radical (unpaired) electrons. The smallest absolute Gasteiger partial charge is 0.191 e. The van der Waals surface area contributed by atoms with Crippen LogP contribution in [0.2, 0.25) is 0 Å². The molecule has 0 spiro atoms. The van der Waals surface area contributed by atoms with Gasteiger partial charge in [-0.05, 0) is 6.92 Å². The Morgan fingerprint density at radius 3 is 2.22 bits per heavy atom. The molecular formula is C5H10O4. The number of ether oxygens (including phenoxy) is 1. The van der Waals surface area contributed by atoms with Gasteiger partial charge >= 0.3 is 0 Å². The highest BCUT2D eigenvalue weighted by atomic mass is 16.7. The van der Waals surface area contributed by atoms with Crippen molar-refractivity contribution in [2.24, 2.45) is 0 Å². The minimum atomic E-state index is -1.57. The van der Waals surface area contributed by atoms with Gasteiger partial charge in [-0.3, -0.25) is 0 Å². The van der Waals surface area contributed by atoms with Crippen LogP contribution in [0.4, 0.5) is 0 Å². The van der Waals surface area contributed by atoms with Crippen molar-refractivity contribution in [1.29, 1.82) is 0 Å². The van der Waals surface area contributed by atoms with Crippen LogP contribution in [-0.4, -0.2) is 39.9 Å². The summed E-state index contributed by atoms with van der Waals surface area (Å²) in [5.74, 6) is -1.57. The maximum atomic E-state index is 9.00. The van der Waals surface area contributed by atoms with Crippen LogP contribution in [0, 0.1) is 0 Å². The Kier molecular flexibility index (Phi) is 1.48. The average Bonchev–Trinajstić information content (AvgIpc) is 1.97. The topological polar surface area (TPSA) is 69.9 Å². The van der Waals surface area contributed by atoms with Crippen LogP contribution in [0.5, 0.6) is 0 Å². The van der Waals surface area contributed by atoms with Crippen molar-refractivity contribution in [3.63, 3.8) is 0 Å². The van der Waals surface area contributed by atoms with E-state index in [1.54, 1.807) is 0 Å². The van der Waals surface area contributed by atoms with E-state index in [2.05, 4.69) is 4.74 Å². The van der Waals surface area contributed by atoms with Gasteiger partial charge in [0, 0.05) is 0 Å². The Balaban J connectivity index is 2.62. The zero-order chi connectivity index (χ0) is 7.07.